The predicted molar refractivity (Wildman–Crippen MR) is 82.2 cm³/mol. The molecule has 0 N–H and O–H groups in total. The molecule has 2 aliphatic rings. The van der Waals surface area contributed by atoms with Gasteiger partial charge in [-0.3, -0.25) is 4.79 Å². The Morgan fingerprint density at radius 3 is 2.91 bits per heavy atom. The number of hydrogen-bond acceptors (Lipinski definition) is 4. The number of nitrogens with zero attached hydrogens (tertiary/aromatic N) is 3. The summed E-state index contributed by atoms with van der Waals surface area (Å²) in [6, 6.07) is 5.62. The highest BCUT2D eigenvalue weighted by Gasteiger charge is 2.37. The number of amides is 1. The zero-order chi connectivity index (χ0) is 15.3. The van der Waals surface area contributed by atoms with Crippen LogP contribution in [0.15, 0.2) is 22.7 Å². The minimum absolute atomic E-state index is 0.0362. The number of halogens is 1. The number of hydrogen-bond donors (Lipinski definition) is 0. The van der Waals surface area contributed by atoms with Crippen LogP contribution in [0.25, 0.3) is 0 Å². The van der Waals surface area contributed by atoms with E-state index in [1.165, 1.54) is 0 Å². The van der Waals surface area contributed by atoms with E-state index in [-0.39, 0.29) is 11.8 Å². The van der Waals surface area contributed by atoms with E-state index in [1.807, 2.05) is 25.1 Å². The first-order valence-electron chi connectivity index (χ1n) is 7.52. The van der Waals surface area contributed by atoms with Crippen LogP contribution < -0.4 is 4.90 Å². The van der Waals surface area contributed by atoms with Crippen LogP contribution in [0.5, 0.6) is 0 Å². The average Bonchev–Trinajstić information content (AvgIpc) is 3.11. The van der Waals surface area contributed by atoms with Gasteiger partial charge < -0.3 is 9.42 Å². The average molecular weight is 318 g/mol. The van der Waals surface area contributed by atoms with Crippen molar-refractivity contribution in [3.8, 4) is 0 Å². The highest BCUT2D eigenvalue weighted by atomic mass is 35.5. The summed E-state index contributed by atoms with van der Waals surface area (Å²) in [7, 11) is 0. The summed E-state index contributed by atoms with van der Waals surface area (Å²) in [6.07, 6.45) is 2.67. The summed E-state index contributed by atoms with van der Waals surface area (Å²) in [5.74, 6) is 1.87. The lowest BCUT2D eigenvalue weighted by molar-refractivity contribution is -0.117. The summed E-state index contributed by atoms with van der Waals surface area (Å²) in [5, 5.41) is 4.71. The molecule has 2 aromatic rings. The molecule has 1 unspecified atom stereocenters. The van der Waals surface area contributed by atoms with Crippen molar-refractivity contribution in [2.45, 2.75) is 38.0 Å². The molecule has 22 heavy (non-hydrogen) atoms. The maximum atomic E-state index is 12.4. The number of aromatic nitrogens is 2. The summed E-state index contributed by atoms with van der Waals surface area (Å²) in [4.78, 5) is 18.6. The third-order valence-corrected chi connectivity index (χ3v) is 4.81. The lowest BCUT2D eigenvalue weighted by Gasteiger charge is -2.19. The Bertz CT molecular complexity index is 739. The molecule has 6 heteroatoms. The number of carbonyl (C=O) groups excluding carboxylic acids is 1. The number of rotatable bonds is 3. The Balaban J connectivity index is 1.58. The van der Waals surface area contributed by atoms with Crippen molar-refractivity contribution in [1.29, 1.82) is 0 Å². The van der Waals surface area contributed by atoms with Crippen molar-refractivity contribution in [2.24, 2.45) is 0 Å². The van der Waals surface area contributed by atoms with Crippen LogP contribution in [-0.4, -0.2) is 22.6 Å². The number of benzene rings is 1. The maximum absolute atomic E-state index is 12.4. The Morgan fingerprint density at radius 1 is 1.32 bits per heavy atom. The SMILES string of the molecule is Cc1c(Cl)cccc1N1CC(c2nc(C3CC3)no2)CC1=O. The lowest BCUT2D eigenvalue weighted by atomic mass is 10.1. The molecule has 114 valence electrons. The van der Waals surface area contributed by atoms with E-state index in [2.05, 4.69) is 10.1 Å². The Morgan fingerprint density at radius 2 is 2.14 bits per heavy atom. The predicted octanol–water partition coefficient (Wildman–Crippen LogP) is 3.43. The lowest BCUT2D eigenvalue weighted by Crippen LogP contribution is -2.25. The molecule has 0 bridgehead atoms. The fourth-order valence-electron chi connectivity index (χ4n) is 2.91. The maximum Gasteiger partial charge on any atom is 0.232 e. The second-order valence-corrected chi connectivity index (χ2v) is 6.46. The van der Waals surface area contributed by atoms with Crippen molar-refractivity contribution < 1.29 is 9.32 Å². The van der Waals surface area contributed by atoms with Gasteiger partial charge in [0.2, 0.25) is 11.8 Å². The minimum Gasteiger partial charge on any atom is -0.339 e. The van der Waals surface area contributed by atoms with Crippen LogP contribution in [0.1, 0.15) is 48.4 Å². The summed E-state index contributed by atoms with van der Waals surface area (Å²) in [5.41, 5.74) is 1.78. The molecule has 1 amide bonds. The van der Waals surface area contributed by atoms with Crippen LogP contribution >= 0.6 is 11.6 Å². The van der Waals surface area contributed by atoms with Crippen LogP contribution in [0.3, 0.4) is 0 Å². The first kappa shape index (κ1) is 13.8. The van der Waals surface area contributed by atoms with E-state index in [9.17, 15) is 4.79 Å². The van der Waals surface area contributed by atoms with E-state index >= 15 is 0 Å². The van der Waals surface area contributed by atoms with Gasteiger partial charge in [0.15, 0.2) is 5.82 Å². The molecule has 1 saturated carbocycles. The van der Waals surface area contributed by atoms with Gasteiger partial charge in [-0.2, -0.15) is 4.98 Å². The van der Waals surface area contributed by atoms with Gasteiger partial charge in [0, 0.05) is 29.6 Å². The molecule has 0 radical (unpaired) electrons. The molecule has 1 aromatic heterocycles. The second kappa shape index (κ2) is 5.09. The largest absolute Gasteiger partial charge is 0.339 e. The summed E-state index contributed by atoms with van der Waals surface area (Å²) >= 11 is 6.16. The Hall–Kier alpha value is -1.88. The minimum atomic E-state index is -0.0362. The van der Waals surface area contributed by atoms with Crippen LogP contribution in [0.2, 0.25) is 5.02 Å². The van der Waals surface area contributed by atoms with Gasteiger partial charge in [0.1, 0.15) is 0 Å². The molecule has 1 aliphatic heterocycles. The van der Waals surface area contributed by atoms with Crippen molar-refractivity contribution >= 4 is 23.2 Å². The fourth-order valence-corrected chi connectivity index (χ4v) is 3.08. The normalized spacial score (nSPS) is 21.6. The van der Waals surface area contributed by atoms with Crippen molar-refractivity contribution in [3.05, 3.63) is 40.5 Å². The van der Waals surface area contributed by atoms with Crippen molar-refractivity contribution in [3.63, 3.8) is 0 Å². The molecular weight excluding hydrogens is 302 g/mol. The van der Waals surface area contributed by atoms with E-state index in [0.29, 0.717) is 29.8 Å². The third-order valence-electron chi connectivity index (χ3n) is 4.40. The Labute approximate surface area is 133 Å². The Kier molecular flexibility index (Phi) is 3.18. The van der Waals surface area contributed by atoms with Gasteiger partial charge in [0.05, 0.1) is 5.92 Å². The molecule has 5 nitrogen and oxygen atoms in total. The fraction of sp³-hybridized carbons (Fsp3) is 0.438. The van der Waals surface area contributed by atoms with E-state index in [4.69, 9.17) is 16.1 Å². The van der Waals surface area contributed by atoms with Gasteiger partial charge >= 0.3 is 0 Å². The number of carbonyl (C=O) groups is 1. The van der Waals surface area contributed by atoms with Crippen LogP contribution in [0.4, 0.5) is 5.69 Å². The van der Waals surface area contributed by atoms with E-state index in [0.717, 1.165) is 29.9 Å². The molecule has 1 aliphatic carbocycles. The zero-order valence-electron chi connectivity index (χ0n) is 12.3. The van der Waals surface area contributed by atoms with Gasteiger partial charge in [-0.15, -0.1) is 0 Å². The molecule has 2 fully saturated rings. The first-order chi connectivity index (χ1) is 10.6. The second-order valence-electron chi connectivity index (χ2n) is 6.05. The molecule has 2 heterocycles. The molecule has 1 saturated heterocycles. The zero-order valence-corrected chi connectivity index (χ0v) is 13.0. The topological polar surface area (TPSA) is 59.2 Å². The van der Waals surface area contributed by atoms with E-state index < -0.39 is 0 Å². The standard InChI is InChI=1S/C16H16ClN3O2/c1-9-12(17)3-2-4-13(9)20-8-11(7-14(20)21)16-18-15(19-22-16)10-5-6-10/h2-4,10-11H,5-8H2,1H3. The van der Waals surface area contributed by atoms with Gasteiger partial charge in [-0.05, 0) is 37.5 Å². The number of anilines is 1. The third kappa shape index (κ3) is 2.29. The molecule has 0 spiro atoms. The smallest absolute Gasteiger partial charge is 0.232 e. The first-order valence-corrected chi connectivity index (χ1v) is 7.90. The molecular formula is C16H16ClN3O2. The quantitative estimate of drug-likeness (QED) is 0.870. The highest BCUT2D eigenvalue weighted by Crippen LogP contribution is 2.40. The summed E-state index contributed by atoms with van der Waals surface area (Å²) in [6.45, 7) is 2.49. The monoisotopic (exact) mass is 317 g/mol. The van der Waals surface area contributed by atoms with Gasteiger partial charge in [-0.1, -0.05) is 22.8 Å². The van der Waals surface area contributed by atoms with Crippen molar-refractivity contribution in [1.82, 2.24) is 10.1 Å². The highest BCUT2D eigenvalue weighted by molar-refractivity contribution is 6.31. The molecule has 4 rings (SSSR count). The van der Waals surface area contributed by atoms with Gasteiger partial charge in [-0.25, -0.2) is 0 Å². The van der Waals surface area contributed by atoms with E-state index in [1.54, 1.807) is 4.90 Å². The summed E-state index contributed by atoms with van der Waals surface area (Å²) < 4.78 is 5.37. The van der Waals surface area contributed by atoms with Gasteiger partial charge in [0.25, 0.3) is 0 Å². The molecule has 1 aromatic carbocycles. The molecule has 1 atom stereocenters. The van der Waals surface area contributed by atoms with Crippen molar-refractivity contribution in [2.75, 3.05) is 11.4 Å². The van der Waals surface area contributed by atoms with Crippen LogP contribution in [-0.2, 0) is 4.79 Å². The van der Waals surface area contributed by atoms with Crippen LogP contribution in [0, 0.1) is 6.92 Å².